The number of non-ortho nitro benzene ring substituents is 1. The molecular weight excluding hydrogens is 408 g/mol. The molecule has 160 valence electrons. The molecule has 0 aliphatic heterocycles. The average Bonchev–Trinajstić information content (AvgIpc) is 3.17. The second-order valence-electron chi connectivity index (χ2n) is 6.96. The Morgan fingerprint density at radius 1 is 1.06 bits per heavy atom. The van der Waals surface area contributed by atoms with E-state index in [9.17, 15) is 14.9 Å². The fourth-order valence-electron chi connectivity index (χ4n) is 3.33. The minimum absolute atomic E-state index is 0.151. The lowest BCUT2D eigenvalue weighted by atomic mass is 10.2. The summed E-state index contributed by atoms with van der Waals surface area (Å²) in [7, 11) is 0. The highest BCUT2D eigenvalue weighted by atomic mass is 16.6. The number of nitrogens with zero attached hydrogens (tertiary/aromatic N) is 3. The van der Waals surface area contributed by atoms with E-state index in [-0.39, 0.29) is 11.3 Å². The minimum atomic E-state index is -0.545. The van der Waals surface area contributed by atoms with Gasteiger partial charge in [0.2, 0.25) is 0 Å². The van der Waals surface area contributed by atoms with Gasteiger partial charge in [0.1, 0.15) is 12.4 Å². The van der Waals surface area contributed by atoms with Crippen LogP contribution in [0.5, 0.6) is 5.75 Å². The van der Waals surface area contributed by atoms with Crippen LogP contribution in [0.15, 0.2) is 90.2 Å². The standard InChI is InChI=1S/C24H20N4O4/c29-24(18-7-6-8-20(15-18)28(30)31)26-25-16-19-17-27(23-12-5-4-11-22(19)23)13-14-32-21-9-2-1-3-10-21/h1-12,15-17H,13-14H2,(H,26,29)/b25-16+. The number of hydrogen-bond acceptors (Lipinski definition) is 5. The summed E-state index contributed by atoms with van der Waals surface area (Å²) in [5.74, 6) is 0.291. The zero-order valence-electron chi connectivity index (χ0n) is 17.0. The van der Waals surface area contributed by atoms with Crippen LogP contribution in [0.3, 0.4) is 0 Å². The molecule has 1 amide bonds. The molecule has 0 bridgehead atoms. The van der Waals surface area contributed by atoms with Crippen molar-refractivity contribution in [3.63, 3.8) is 0 Å². The van der Waals surface area contributed by atoms with Crippen LogP contribution in [-0.2, 0) is 6.54 Å². The van der Waals surface area contributed by atoms with Crippen molar-refractivity contribution in [1.82, 2.24) is 9.99 Å². The number of benzene rings is 3. The van der Waals surface area contributed by atoms with Crippen molar-refractivity contribution in [2.45, 2.75) is 6.54 Å². The molecule has 8 nitrogen and oxygen atoms in total. The first-order chi connectivity index (χ1) is 15.6. The van der Waals surface area contributed by atoms with E-state index >= 15 is 0 Å². The van der Waals surface area contributed by atoms with Crippen LogP contribution in [0.4, 0.5) is 5.69 Å². The Bertz CT molecular complexity index is 1280. The smallest absolute Gasteiger partial charge is 0.271 e. The van der Waals surface area contributed by atoms with Crippen LogP contribution < -0.4 is 10.2 Å². The highest BCUT2D eigenvalue weighted by Gasteiger charge is 2.11. The zero-order valence-corrected chi connectivity index (χ0v) is 17.0. The second-order valence-corrected chi connectivity index (χ2v) is 6.96. The maximum absolute atomic E-state index is 12.3. The van der Waals surface area contributed by atoms with Crippen LogP contribution in [0, 0.1) is 10.1 Å². The van der Waals surface area contributed by atoms with E-state index in [1.54, 1.807) is 6.21 Å². The lowest BCUT2D eigenvalue weighted by molar-refractivity contribution is -0.384. The molecule has 0 atom stereocenters. The second kappa shape index (κ2) is 9.57. The lowest BCUT2D eigenvalue weighted by Gasteiger charge is -2.08. The largest absolute Gasteiger partial charge is 0.492 e. The van der Waals surface area contributed by atoms with Crippen LogP contribution in [0.25, 0.3) is 10.9 Å². The lowest BCUT2D eigenvalue weighted by Crippen LogP contribution is -2.17. The molecule has 0 unspecified atom stereocenters. The maximum Gasteiger partial charge on any atom is 0.271 e. The first-order valence-corrected chi connectivity index (χ1v) is 9.95. The highest BCUT2D eigenvalue weighted by molar-refractivity contribution is 6.00. The van der Waals surface area contributed by atoms with Gasteiger partial charge in [0.25, 0.3) is 11.6 Å². The molecular formula is C24H20N4O4. The van der Waals surface area contributed by atoms with Gasteiger partial charge < -0.3 is 9.30 Å². The molecule has 1 aromatic heterocycles. The van der Waals surface area contributed by atoms with Gasteiger partial charge in [0, 0.05) is 40.4 Å². The van der Waals surface area contributed by atoms with Gasteiger partial charge in [-0.1, -0.05) is 42.5 Å². The predicted octanol–water partition coefficient (Wildman–Crippen LogP) is 4.39. The molecule has 4 aromatic rings. The monoisotopic (exact) mass is 428 g/mol. The number of carbonyl (C=O) groups excluding carboxylic acids is 1. The molecule has 0 aliphatic carbocycles. The number of aromatic nitrogens is 1. The van der Waals surface area contributed by atoms with Crippen molar-refractivity contribution in [1.29, 1.82) is 0 Å². The third kappa shape index (κ3) is 4.81. The van der Waals surface area contributed by atoms with E-state index in [4.69, 9.17) is 4.74 Å². The predicted molar refractivity (Wildman–Crippen MR) is 122 cm³/mol. The number of para-hydroxylation sites is 2. The van der Waals surface area contributed by atoms with Gasteiger partial charge in [-0.15, -0.1) is 0 Å². The number of rotatable bonds is 8. The molecule has 0 aliphatic rings. The van der Waals surface area contributed by atoms with Crippen molar-refractivity contribution in [3.05, 3.63) is 106 Å². The van der Waals surface area contributed by atoms with Crippen molar-refractivity contribution < 1.29 is 14.5 Å². The normalized spacial score (nSPS) is 11.0. The SMILES string of the molecule is O=C(N/N=C/c1cn(CCOc2ccccc2)c2ccccc12)c1cccc([N+](=O)[O-])c1. The first kappa shape index (κ1) is 20.8. The van der Waals surface area contributed by atoms with Gasteiger partial charge in [0.15, 0.2) is 0 Å². The van der Waals surface area contributed by atoms with E-state index in [2.05, 4.69) is 15.1 Å². The van der Waals surface area contributed by atoms with E-state index in [0.717, 1.165) is 22.2 Å². The third-order valence-electron chi connectivity index (χ3n) is 4.85. The Balaban J connectivity index is 1.46. The van der Waals surface area contributed by atoms with Gasteiger partial charge in [-0.3, -0.25) is 14.9 Å². The molecule has 1 N–H and O–H groups in total. The van der Waals surface area contributed by atoms with Gasteiger partial charge in [-0.05, 0) is 24.3 Å². The Labute approximate surface area is 183 Å². The molecule has 1 heterocycles. The summed E-state index contributed by atoms with van der Waals surface area (Å²) >= 11 is 0. The van der Waals surface area contributed by atoms with Gasteiger partial charge in [-0.2, -0.15) is 5.10 Å². The molecule has 8 heteroatoms. The topological polar surface area (TPSA) is 98.8 Å². The number of carbonyl (C=O) groups is 1. The third-order valence-corrected chi connectivity index (χ3v) is 4.85. The number of nitro benzene ring substituents is 1. The Morgan fingerprint density at radius 2 is 1.84 bits per heavy atom. The van der Waals surface area contributed by atoms with Crippen LogP contribution in [-0.4, -0.2) is 28.2 Å². The molecule has 3 aromatic carbocycles. The number of hydrogen-bond donors (Lipinski definition) is 1. The summed E-state index contributed by atoms with van der Waals surface area (Å²) in [4.78, 5) is 22.6. The summed E-state index contributed by atoms with van der Waals surface area (Å²) in [6.07, 6.45) is 3.51. The van der Waals surface area contributed by atoms with Crippen LogP contribution >= 0.6 is 0 Å². The van der Waals surface area contributed by atoms with Crippen molar-refractivity contribution in [2.75, 3.05) is 6.61 Å². The first-order valence-electron chi connectivity index (χ1n) is 9.95. The maximum atomic E-state index is 12.3. The van der Waals surface area contributed by atoms with E-state index in [1.807, 2.05) is 60.8 Å². The fraction of sp³-hybridized carbons (Fsp3) is 0.0833. The summed E-state index contributed by atoms with van der Waals surface area (Å²) in [5.41, 5.74) is 4.30. The fourth-order valence-corrected chi connectivity index (χ4v) is 3.33. The van der Waals surface area contributed by atoms with Crippen molar-refractivity contribution in [3.8, 4) is 5.75 Å². The van der Waals surface area contributed by atoms with Crippen molar-refractivity contribution in [2.24, 2.45) is 5.10 Å². The quantitative estimate of drug-likeness (QED) is 0.256. The van der Waals surface area contributed by atoms with E-state index in [0.29, 0.717) is 13.2 Å². The number of nitro groups is 1. The Kier molecular flexibility index (Phi) is 6.22. The molecule has 0 spiro atoms. The minimum Gasteiger partial charge on any atom is -0.492 e. The van der Waals surface area contributed by atoms with Crippen LogP contribution in [0.2, 0.25) is 0 Å². The van der Waals surface area contributed by atoms with E-state index in [1.165, 1.54) is 24.3 Å². The number of ether oxygens (including phenoxy) is 1. The van der Waals surface area contributed by atoms with Gasteiger partial charge >= 0.3 is 0 Å². The number of fused-ring (bicyclic) bond motifs is 1. The summed E-state index contributed by atoms with van der Waals surface area (Å²) in [6.45, 7) is 1.14. The molecule has 4 rings (SSSR count). The van der Waals surface area contributed by atoms with E-state index < -0.39 is 10.8 Å². The zero-order chi connectivity index (χ0) is 22.3. The number of amides is 1. The molecule has 0 fully saturated rings. The Morgan fingerprint density at radius 3 is 2.66 bits per heavy atom. The van der Waals surface area contributed by atoms with Gasteiger partial charge in [0.05, 0.1) is 17.7 Å². The Hall–Kier alpha value is -4.46. The summed E-state index contributed by atoms with van der Waals surface area (Å²) in [6, 6.07) is 23.0. The molecule has 32 heavy (non-hydrogen) atoms. The van der Waals surface area contributed by atoms with Gasteiger partial charge in [-0.25, -0.2) is 5.43 Å². The number of nitrogens with one attached hydrogen (secondary N) is 1. The molecule has 0 saturated carbocycles. The summed E-state index contributed by atoms with van der Waals surface area (Å²) < 4.78 is 7.87. The molecule has 0 radical (unpaired) electrons. The molecule has 0 saturated heterocycles. The van der Waals surface area contributed by atoms with Crippen molar-refractivity contribution >= 4 is 28.7 Å². The number of hydrazone groups is 1. The van der Waals surface area contributed by atoms with Crippen LogP contribution in [0.1, 0.15) is 15.9 Å². The average molecular weight is 428 g/mol. The summed E-state index contributed by atoms with van der Waals surface area (Å²) in [5, 5.41) is 15.9. The highest BCUT2D eigenvalue weighted by Crippen LogP contribution is 2.20.